The lowest BCUT2D eigenvalue weighted by molar-refractivity contribution is 0.628. The van der Waals surface area contributed by atoms with E-state index in [0.29, 0.717) is 10.6 Å². The summed E-state index contributed by atoms with van der Waals surface area (Å²) in [5.74, 6) is -0.294. The summed E-state index contributed by atoms with van der Waals surface area (Å²) in [5.41, 5.74) is 2.08. The van der Waals surface area contributed by atoms with Gasteiger partial charge in [-0.2, -0.15) is 5.26 Å². The van der Waals surface area contributed by atoms with Crippen molar-refractivity contribution in [3.63, 3.8) is 0 Å². The zero-order valence-corrected chi connectivity index (χ0v) is 10.2. The van der Waals surface area contributed by atoms with E-state index in [1.807, 2.05) is 0 Å². The molecule has 0 saturated carbocycles. The lowest BCUT2D eigenvalue weighted by atomic mass is 10.0. The van der Waals surface area contributed by atoms with Crippen molar-refractivity contribution in [3.8, 4) is 6.07 Å². The minimum absolute atomic E-state index is 0.294. The molecule has 0 heterocycles. The Morgan fingerprint density at radius 1 is 1.06 bits per heavy atom. The third kappa shape index (κ3) is 2.97. The highest BCUT2D eigenvalue weighted by Crippen LogP contribution is 2.19. The van der Waals surface area contributed by atoms with E-state index in [-0.39, 0.29) is 5.82 Å². The van der Waals surface area contributed by atoms with E-state index in [1.165, 1.54) is 12.1 Å². The number of hydrogen-bond acceptors (Lipinski definition) is 1. The fourth-order valence-corrected chi connectivity index (χ4v) is 1.66. The highest BCUT2D eigenvalue weighted by atomic mass is 35.5. The minimum atomic E-state index is -0.294. The van der Waals surface area contributed by atoms with Crippen LogP contribution >= 0.6 is 11.6 Å². The third-order valence-corrected chi connectivity index (χ3v) is 2.71. The van der Waals surface area contributed by atoms with Gasteiger partial charge in [-0.25, -0.2) is 4.39 Å². The van der Waals surface area contributed by atoms with Crippen LogP contribution in [0, 0.1) is 17.1 Å². The van der Waals surface area contributed by atoms with Gasteiger partial charge < -0.3 is 0 Å². The second-order valence-electron chi connectivity index (χ2n) is 3.73. The van der Waals surface area contributed by atoms with Gasteiger partial charge in [-0.15, -0.1) is 0 Å². The topological polar surface area (TPSA) is 23.8 Å². The van der Waals surface area contributed by atoms with Gasteiger partial charge in [-0.1, -0.05) is 35.9 Å². The molecule has 3 heteroatoms. The van der Waals surface area contributed by atoms with Crippen LogP contribution in [0.25, 0.3) is 11.6 Å². The molecule has 2 aromatic carbocycles. The number of allylic oxidation sites excluding steroid dienone is 1. The zero-order valence-electron chi connectivity index (χ0n) is 9.40. The molecule has 0 spiro atoms. The van der Waals surface area contributed by atoms with Crippen LogP contribution in [0.2, 0.25) is 5.02 Å². The highest BCUT2D eigenvalue weighted by molar-refractivity contribution is 6.30. The van der Waals surface area contributed by atoms with Crippen molar-refractivity contribution in [2.75, 3.05) is 0 Å². The van der Waals surface area contributed by atoms with Gasteiger partial charge in [0.05, 0.1) is 11.6 Å². The maximum absolute atomic E-state index is 12.8. The highest BCUT2D eigenvalue weighted by Gasteiger charge is 2.01. The summed E-state index contributed by atoms with van der Waals surface area (Å²) in [7, 11) is 0. The molecule has 0 unspecified atom stereocenters. The molecule has 0 bridgehead atoms. The maximum Gasteiger partial charge on any atom is 0.123 e. The van der Waals surface area contributed by atoms with Gasteiger partial charge >= 0.3 is 0 Å². The molecule has 1 nitrogen and oxygen atoms in total. The number of nitriles is 1. The maximum atomic E-state index is 12.8. The molecule has 0 radical (unpaired) electrons. The summed E-state index contributed by atoms with van der Waals surface area (Å²) >= 11 is 5.79. The van der Waals surface area contributed by atoms with Crippen LogP contribution in [0.3, 0.4) is 0 Å². The van der Waals surface area contributed by atoms with Gasteiger partial charge in [0.15, 0.2) is 0 Å². The molecule has 0 fully saturated rings. The monoisotopic (exact) mass is 257 g/mol. The lowest BCUT2D eigenvalue weighted by Crippen LogP contribution is -1.82. The predicted molar refractivity (Wildman–Crippen MR) is 71.3 cm³/mol. The lowest BCUT2D eigenvalue weighted by Gasteiger charge is -2.00. The van der Waals surface area contributed by atoms with Crippen molar-refractivity contribution in [2.24, 2.45) is 0 Å². The number of hydrogen-bond donors (Lipinski definition) is 0. The van der Waals surface area contributed by atoms with E-state index < -0.39 is 0 Å². The van der Waals surface area contributed by atoms with Crippen molar-refractivity contribution in [1.29, 1.82) is 5.26 Å². The average Bonchev–Trinajstić information content (AvgIpc) is 2.39. The molecule has 0 aliphatic heterocycles. The second kappa shape index (κ2) is 5.48. The van der Waals surface area contributed by atoms with E-state index in [2.05, 4.69) is 6.07 Å². The van der Waals surface area contributed by atoms with Crippen molar-refractivity contribution in [1.82, 2.24) is 0 Å². The molecule has 0 atom stereocenters. The van der Waals surface area contributed by atoms with Crippen molar-refractivity contribution < 1.29 is 4.39 Å². The molecule has 0 aromatic heterocycles. The van der Waals surface area contributed by atoms with E-state index >= 15 is 0 Å². The van der Waals surface area contributed by atoms with Gasteiger partial charge in [-0.05, 0) is 41.5 Å². The third-order valence-electron chi connectivity index (χ3n) is 2.46. The van der Waals surface area contributed by atoms with Crippen LogP contribution in [0.15, 0.2) is 48.5 Å². The molecular weight excluding hydrogens is 249 g/mol. The standard InChI is InChI=1S/C15H9ClFN/c16-14-5-3-12(4-6-14)13(10-18)9-11-1-7-15(17)8-2-11/h1-9H/b13-9+. The Morgan fingerprint density at radius 2 is 1.67 bits per heavy atom. The van der Waals surface area contributed by atoms with Gasteiger partial charge in [0.1, 0.15) is 5.82 Å². The van der Waals surface area contributed by atoms with Crippen LogP contribution in [0.5, 0.6) is 0 Å². The zero-order chi connectivity index (χ0) is 13.0. The molecule has 88 valence electrons. The Kier molecular flexibility index (Phi) is 3.76. The quantitative estimate of drug-likeness (QED) is 0.572. The smallest absolute Gasteiger partial charge is 0.123 e. The summed E-state index contributed by atoms with van der Waals surface area (Å²) in [6.45, 7) is 0. The molecule has 2 rings (SSSR count). The van der Waals surface area contributed by atoms with E-state index in [4.69, 9.17) is 16.9 Å². The van der Waals surface area contributed by atoms with E-state index in [9.17, 15) is 4.39 Å². The van der Waals surface area contributed by atoms with Gasteiger partial charge in [-0.3, -0.25) is 0 Å². The fraction of sp³-hybridized carbons (Fsp3) is 0. The first-order chi connectivity index (χ1) is 8.69. The van der Waals surface area contributed by atoms with Crippen LogP contribution in [-0.2, 0) is 0 Å². The summed E-state index contributed by atoms with van der Waals surface area (Å²) in [4.78, 5) is 0. The van der Waals surface area contributed by atoms with Crippen LogP contribution in [0.4, 0.5) is 4.39 Å². The fourth-order valence-electron chi connectivity index (χ4n) is 1.54. The van der Waals surface area contributed by atoms with E-state index in [1.54, 1.807) is 42.5 Å². The molecule has 0 aliphatic rings. The summed E-state index contributed by atoms with van der Waals surface area (Å²) < 4.78 is 12.8. The molecule has 0 amide bonds. The molecule has 0 aliphatic carbocycles. The minimum Gasteiger partial charge on any atom is -0.207 e. The largest absolute Gasteiger partial charge is 0.207 e. The SMILES string of the molecule is N#C/C(=C\c1ccc(F)cc1)c1ccc(Cl)cc1. The van der Waals surface area contributed by atoms with E-state index in [0.717, 1.165) is 11.1 Å². The Bertz CT molecular complexity index is 606. The number of halogens is 2. The van der Waals surface area contributed by atoms with Crippen molar-refractivity contribution >= 4 is 23.3 Å². The Balaban J connectivity index is 2.37. The average molecular weight is 258 g/mol. The molecular formula is C15H9ClFN. The Labute approximate surface area is 110 Å². The van der Waals surface area contributed by atoms with Crippen LogP contribution in [-0.4, -0.2) is 0 Å². The first-order valence-corrected chi connectivity index (χ1v) is 5.70. The Morgan fingerprint density at radius 3 is 2.22 bits per heavy atom. The predicted octanol–water partition coefficient (Wildman–Crippen LogP) is 4.54. The number of rotatable bonds is 2. The normalized spacial score (nSPS) is 11.1. The van der Waals surface area contributed by atoms with Gasteiger partial charge in [0.25, 0.3) is 0 Å². The van der Waals surface area contributed by atoms with Gasteiger partial charge in [0.2, 0.25) is 0 Å². The number of benzene rings is 2. The summed E-state index contributed by atoms with van der Waals surface area (Å²) in [6.07, 6.45) is 1.71. The Hall–Kier alpha value is -2.11. The molecule has 2 aromatic rings. The molecule has 0 N–H and O–H groups in total. The first kappa shape index (κ1) is 12.3. The van der Waals surface area contributed by atoms with Crippen LogP contribution < -0.4 is 0 Å². The van der Waals surface area contributed by atoms with Crippen LogP contribution in [0.1, 0.15) is 11.1 Å². The van der Waals surface area contributed by atoms with Crippen molar-refractivity contribution in [2.45, 2.75) is 0 Å². The summed E-state index contributed by atoms with van der Waals surface area (Å²) in [6, 6.07) is 15.1. The molecule has 18 heavy (non-hydrogen) atoms. The first-order valence-electron chi connectivity index (χ1n) is 5.32. The van der Waals surface area contributed by atoms with Crippen molar-refractivity contribution in [3.05, 3.63) is 70.5 Å². The second-order valence-corrected chi connectivity index (χ2v) is 4.16. The van der Waals surface area contributed by atoms with Gasteiger partial charge in [0, 0.05) is 5.02 Å². The number of nitrogens with zero attached hydrogens (tertiary/aromatic N) is 1. The summed E-state index contributed by atoms with van der Waals surface area (Å²) in [5, 5.41) is 9.76. The molecule has 0 saturated heterocycles.